The lowest BCUT2D eigenvalue weighted by Crippen LogP contribution is -2.32. The Bertz CT molecular complexity index is 1300. The van der Waals surface area contributed by atoms with Crippen molar-refractivity contribution in [1.82, 2.24) is 20.2 Å². The first kappa shape index (κ1) is 21.2. The maximum absolute atomic E-state index is 12.9. The molecule has 0 spiro atoms. The first-order chi connectivity index (χ1) is 16.1. The molecule has 1 aliphatic heterocycles. The van der Waals surface area contributed by atoms with E-state index in [1.165, 1.54) is 0 Å². The molecule has 0 saturated carbocycles. The van der Waals surface area contributed by atoms with Crippen molar-refractivity contribution in [2.24, 2.45) is 0 Å². The van der Waals surface area contributed by atoms with Gasteiger partial charge in [-0.25, -0.2) is 0 Å². The molecule has 3 N–H and O–H groups in total. The number of carbonyl (C=O) groups is 1. The third-order valence-electron chi connectivity index (χ3n) is 6.01. The summed E-state index contributed by atoms with van der Waals surface area (Å²) in [4.78, 5) is 23.0. The molecule has 0 aliphatic carbocycles. The molecule has 33 heavy (non-hydrogen) atoms. The number of amides is 1. The number of hydrogen-bond donors (Lipinski definition) is 3. The van der Waals surface area contributed by atoms with Crippen LogP contribution in [0.25, 0.3) is 10.8 Å². The van der Waals surface area contributed by atoms with Crippen LogP contribution in [0.5, 0.6) is 0 Å². The lowest BCUT2D eigenvalue weighted by atomic mass is 10.0. The van der Waals surface area contributed by atoms with Crippen LogP contribution >= 0.6 is 12.2 Å². The highest BCUT2D eigenvalue weighted by molar-refractivity contribution is 7.80. The fraction of sp³-hybridized carbons (Fsp3) is 0.192. The number of fused-ring (bicyclic) bond motifs is 1. The Kier molecular flexibility index (Phi) is 5.79. The molecule has 1 aliphatic rings. The van der Waals surface area contributed by atoms with E-state index in [1.54, 1.807) is 6.20 Å². The number of carbonyl (C=O) groups excluding carboxylic acids is 1. The zero-order chi connectivity index (χ0) is 22.8. The molecule has 4 aromatic rings. The molecular weight excluding hydrogens is 430 g/mol. The number of nitrogens with zero attached hydrogens (tertiary/aromatic N) is 2. The van der Waals surface area contributed by atoms with Gasteiger partial charge in [0.2, 0.25) is 5.91 Å². The fourth-order valence-electron chi connectivity index (χ4n) is 4.45. The maximum Gasteiger partial charge on any atom is 0.226 e. The lowest BCUT2D eigenvalue weighted by molar-refractivity contribution is -0.116. The summed E-state index contributed by atoms with van der Waals surface area (Å²) in [7, 11) is 0. The van der Waals surface area contributed by atoms with Gasteiger partial charge in [-0.05, 0) is 54.9 Å². The summed E-state index contributed by atoms with van der Waals surface area (Å²) in [5.41, 5.74) is 3.86. The van der Waals surface area contributed by atoms with Gasteiger partial charge in [-0.2, -0.15) is 0 Å². The molecule has 2 atom stereocenters. The molecular formula is C26H25N5OS. The van der Waals surface area contributed by atoms with Crippen LogP contribution in [-0.2, 0) is 4.79 Å². The van der Waals surface area contributed by atoms with E-state index < -0.39 is 0 Å². The summed E-state index contributed by atoms with van der Waals surface area (Å²) < 4.78 is 0. The molecule has 1 saturated heterocycles. The van der Waals surface area contributed by atoms with Gasteiger partial charge in [0.25, 0.3) is 0 Å². The van der Waals surface area contributed by atoms with Gasteiger partial charge in [-0.1, -0.05) is 42.5 Å². The standard InChI is InChI=1S/C26H25N5OS/c1-17-12-13-22(28-17)25-24(21-10-4-5-15-27-21)30-26(33)31(25)16-14-23(32)29-20-11-6-8-18-7-2-3-9-19(18)20/h2-13,15,24-25,28H,14,16H2,1H3,(H,29,32)(H,30,33)/t24-,25-/m1/s1. The zero-order valence-corrected chi connectivity index (χ0v) is 19.1. The third-order valence-corrected chi connectivity index (χ3v) is 6.37. The van der Waals surface area contributed by atoms with E-state index in [0.717, 1.165) is 33.5 Å². The highest BCUT2D eigenvalue weighted by Gasteiger charge is 2.40. The molecule has 1 amide bonds. The van der Waals surface area contributed by atoms with Gasteiger partial charge in [-0.3, -0.25) is 9.78 Å². The number of pyridine rings is 1. The maximum atomic E-state index is 12.9. The highest BCUT2D eigenvalue weighted by atomic mass is 32.1. The molecule has 2 aromatic carbocycles. The molecule has 166 valence electrons. The van der Waals surface area contributed by atoms with E-state index in [9.17, 15) is 4.79 Å². The summed E-state index contributed by atoms with van der Waals surface area (Å²) in [6, 6.07) is 23.8. The van der Waals surface area contributed by atoms with Gasteiger partial charge in [0, 0.05) is 41.6 Å². The van der Waals surface area contributed by atoms with Crippen molar-refractivity contribution in [3.05, 3.63) is 96.1 Å². The number of aromatic amines is 1. The van der Waals surface area contributed by atoms with Crippen molar-refractivity contribution in [1.29, 1.82) is 0 Å². The molecule has 5 rings (SSSR count). The van der Waals surface area contributed by atoms with Crippen LogP contribution in [0.3, 0.4) is 0 Å². The van der Waals surface area contributed by atoms with Gasteiger partial charge in [0.15, 0.2) is 5.11 Å². The Hall–Kier alpha value is -3.71. The number of rotatable bonds is 6. The minimum Gasteiger partial charge on any atom is -0.361 e. The molecule has 3 heterocycles. The second kappa shape index (κ2) is 9.03. The van der Waals surface area contributed by atoms with Crippen molar-refractivity contribution in [3.63, 3.8) is 0 Å². The molecule has 6 nitrogen and oxygen atoms in total. The number of aromatic nitrogens is 2. The normalized spacial score (nSPS) is 17.8. The smallest absolute Gasteiger partial charge is 0.226 e. The van der Waals surface area contributed by atoms with Gasteiger partial charge in [0.05, 0.1) is 17.8 Å². The van der Waals surface area contributed by atoms with Gasteiger partial charge < -0.3 is 20.5 Å². The van der Waals surface area contributed by atoms with Crippen LogP contribution in [0.2, 0.25) is 0 Å². The minimum atomic E-state index is -0.0992. The number of thiocarbonyl (C=S) groups is 1. The number of hydrogen-bond acceptors (Lipinski definition) is 3. The van der Waals surface area contributed by atoms with Crippen LogP contribution in [0.4, 0.5) is 5.69 Å². The quantitative estimate of drug-likeness (QED) is 0.362. The Morgan fingerprint density at radius 2 is 1.88 bits per heavy atom. The van der Waals surface area contributed by atoms with E-state index >= 15 is 0 Å². The number of benzene rings is 2. The molecule has 0 bridgehead atoms. The highest BCUT2D eigenvalue weighted by Crippen LogP contribution is 2.38. The summed E-state index contributed by atoms with van der Waals surface area (Å²) in [5.74, 6) is -0.0446. The predicted octanol–water partition coefficient (Wildman–Crippen LogP) is 4.87. The third kappa shape index (κ3) is 4.32. The Balaban J connectivity index is 1.35. The predicted molar refractivity (Wildman–Crippen MR) is 135 cm³/mol. The minimum absolute atomic E-state index is 0.0446. The summed E-state index contributed by atoms with van der Waals surface area (Å²) in [6.07, 6.45) is 2.10. The topological polar surface area (TPSA) is 73.1 Å². The van der Waals surface area contributed by atoms with Crippen molar-refractivity contribution in [2.75, 3.05) is 11.9 Å². The summed E-state index contributed by atoms with van der Waals surface area (Å²) in [5, 5.41) is 9.25. The largest absolute Gasteiger partial charge is 0.361 e. The average molecular weight is 456 g/mol. The second-order valence-electron chi connectivity index (χ2n) is 8.24. The van der Waals surface area contributed by atoms with E-state index in [-0.39, 0.29) is 18.0 Å². The average Bonchev–Trinajstić information content (AvgIpc) is 3.41. The molecule has 0 radical (unpaired) electrons. The Labute approximate surface area is 198 Å². The van der Waals surface area contributed by atoms with Crippen molar-refractivity contribution >= 4 is 39.7 Å². The lowest BCUT2D eigenvalue weighted by Gasteiger charge is -2.26. The number of H-pyrrole nitrogens is 1. The van der Waals surface area contributed by atoms with Crippen LogP contribution < -0.4 is 10.6 Å². The number of nitrogens with one attached hydrogen (secondary N) is 3. The first-order valence-corrected chi connectivity index (χ1v) is 11.4. The molecule has 0 unspecified atom stereocenters. The fourth-order valence-corrected chi connectivity index (χ4v) is 4.78. The SMILES string of the molecule is Cc1ccc([C@@H]2[C@@H](c3ccccn3)NC(=S)N2CCC(=O)Nc2cccc3ccccc23)[nH]1. The van der Waals surface area contributed by atoms with Crippen LogP contribution in [0.1, 0.15) is 35.6 Å². The van der Waals surface area contributed by atoms with E-state index in [2.05, 4.69) is 37.6 Å². The molecule has 7 heteroatoms. The van der Waals surface area contributed by atoms with Crippen molar-refractivity contribution in [2.45, 2.75) is 25.4 Å². The monoisotopic (exact) mass is 455 g/mol. The summed E-state index contributed by atoms with van der Waals surface area (Å²) >= 11 is 5.69. The van der Waals surface area contributed by atoms with Crippen LogP contribution in [-0.4, -0.2) is 32.4 Å². The van der Waals surface area contributed by atoms with Gasteiger partial charge in [0.1, 0.15) is 0 Å². The van der Waals surface area contributed by atoms with E-state index in [1.807, 2.05) is 67.6 Å². The molecule has 1 fully saturated rings. The van der Waals surface area contributed by atoms with Crippen molar-refractivity contribution in [3.8, 4) is 0 Å². The number of aryl methyl sites for hydroxylation is 1. The summed E-state index contributed by atoms with van der Waals surface area (Å²) in [6.45, 7) is 2.52. The van der Waals surface area contributed by atoms with Crippen LogP contribution in [0.15, 0.2) is 79.0 Å². The Morgan fingerprint density at radius 3 is 2.67 bits per heavy atom. The van der Waals surface area contributed by atoms with Crippen LogP contribution in [0, 0.1) is 6.92 Å². The van der Waals surface area contributed by atoms with E-state index in [4.69, 9.17) is 12.2 Å². The first-order valence-electron chi connectivity index (χ1n) is 11.0. The number of anilines is 1. The Morgan fingerprint density at radius 1 is 1.06 bits per heavy atom. The van der Waals surface area contributed by atoms with Gasteiger partial charge in [-0.15, -0.1) is 0 Å². The van der Waals surface area contributed by atoms with Gasteiger partial charge >= 0.3 is 0 Å². The van der Waals surface area contributed by atoms with Crippen molar-refractivity contribution < 1.29 is 4.79 Å². The molecule has 2 aromatic heterocycles. The van der Waals surface area contributed by atoms with E-state index in [0.29, 0.717) is 18.1 Å². The zero-order valence-electron chi connectivity index (χ0n) is 18.3. The second-order valence-corrected chi connectivity index (χ2v) is 8.63.